The van der Waals surface area contributed by atoms with Crippen LogP contribution >= 0.6 is 0 Å². The average Bonchev–Trinajstić information content (AvgIpc) is 2.40. The Morgan fingerprint density at radius 1 is 1.24 bits per heavy atom. The van der Waals surface area contributed by atoms with E-state index in [4.69, 9.17) is 0 Å². The molecule has 2 rings (SSSR count). The van der Waals surface area contributed by atoms with Gasteiger partial charge >= 0.3 is 6.03 Å². The molecule has 1 aliphatic heterocycles. The Hall–Kier alpha value is -2.24. The molecule has 21 heavy (non-hydrogen) atoms. The van der Waals surface area contributed by atoms with Crippen molar-refractivity contribution in [3.05, 3.63) is 35.1 Å². The van der Waals surface area contributed by atoms with Crippen molar-refractivity contribution in [1.82, 2.24) is 10.2 Å². The van der Waals surface area contributed by atoms with Crippen LogP contribution in [0.25, 0.3) is 0 Å². The van der Waals surface area contributed by atoms with Crippen molar-refractivity contribution in [3.63, 3.8) is 0 Å². The Bertz CT molecular complexity index is 640. The quantitative estimate of drug-likeness (QED) is 0.851. The third kappa shape index (κ3) is 2.41. The summed E-state index contributed by atoms with van der Waals surface area (Å²) in [6.07, 6.45) is 0. The molecule has 5 nitrogen and oxygen atoms in total. The zero-order chi connectivity index (χ0) is 15.9. The second-order valence-corrected chi connectivity index (χ2v) is 5.74. The molecule has 0 spiro atoms. The van der Waals surface area contributed by atoms with E-state index in [0.29, 0.717) is 11.1 Å². The third-order valence-corrected chi connectivity index (χ3v) is 3.83. The van der Waals surface area contributed by atoms with Gasteiger partial charge < -0.3 is 0 Å². The summed E-state index contributed by atoms with van der Waals surface area (Å²) in [5.74, 6) is -1.62. The molecular weight excluding hydrogens is 275 g/mol. The highest BCUT2D eigenvalue weighted by Gasteiger charge is 2.48. The number of nitrogens with zero attached hydrogens (tertiary/aromatic N) is 1. The lowest BCUT2D eigenvalue weighted by Crippen LogP contribution is -2.62. The maximum Gasteiger partial charge on any atom is 0.331 e. The van der Waals surface area contributed by atoms with Gasteiger partial charge in [-0.15, -0.1) is 0 Å². The van der Waals surface area contributed by atoms with Gasteiger partial charge in [0, 0.05) is 0 Å². The van der Waals surface area contributed by atoms with E-state index >= 15 is 0 Å². The lowest BCUT2D eigenvalue weighted by molar-refractivity contribution is -0.150. The Morgan fingerprint density at radius 3 is 2.43 bits per heavy atom. The Morgan fingerprint density at radius 2 is 1.86 bits per heavy atom. The molecule has 1 saturated heterocycles. The maximum atomic E-state index is 13.7. The fraction of sp³-hybridized carbons (Fsp3) is 0.400. The molecule has 1 fully saturated rings. The summed E-state index contributed by atoms with van der Waals surface area (Å²) in [5.41, 5.74) is -0.353. The summed E-state index contributed by atoms with van der Waals surface area (Å²) < 4.78 is 13.7. The topological polar surface area (TPSA) is 66.5 Å². The molecule has 0 saturated carbocycles. The average molecular weight is 292 g/mol. The minimum absolute atomic E-state index is 0.403. The largest absolute Gasteiger partial charge is 0.331 e. The summed E-state index contributed by atoms with van der Waals surface area (Å²) in [5, 5.41) is 2.16. The van der Waals surface area contributed by atoms with Crippen LogP contribution in [0, 0.1) is 18.2 Å². The fourth-order valence-electron chi connectivity index (χ4n) is 2.17. The van der Waals surface area contributed by atoms with E-state index in [-0.39, 0.29) is 0 Å². The Labute approximate surface area is 122 Å². The summed E-state index contributed by atoms with van der Waals surface area (Å²) in [6, 6.07) is 3.10. The zero-order valence-electron chi connectivity index (χ0n) is 12.4. The Kier molecular flexibility index (Phi) is 3.57. The number of hydrogen-bond donors (Lipinski definition) is 1. The minimum Gasteiger partial charge on any atom is -0.277 e. The van der Waals surface area contributed by atoms with Crippen LogP contribution in [0.5, 0.6) is 0 Å². The summed E-state index contributed by atoms with van der Waals surface area (Å²) in [4.78, 5) is 37.0. The number of imide groups is 2. The van der Waals surface area contributed by atoms with Crippen molar-refractivity contribution in [1.29, 1.82) is 0 Å². The molecule has 0 aromatic heterocycles. The molecule has 1 aromatic rings. The van der Waals surface area contributed by atoms with Crippen molar-refractivity contribution in [3.8, 4) is 0 Å². The molecule has 1 aliphatic rings. The van der Waals surface area contributed by atoms with Gasteiger partial charge in [0.1, 0.15) is 11.2 Å². The number of carbonyl (C=O) groups excluding carboxylic acids is 3. The number of urea groups is 1. The number of carbonyl (C=O) groups is 3. The first-order chi connectivity index (χ1) is 9.66. The summed E-state index contributed by atoms with van der Waals surface area (Å²) in [6.45, 7) is 6.15. The van der Waals surface area contributed by atoms with Gasteiger partial charge in [0.05, 0.1) is 6.04 Å². The number of amides is 4. The van der Waals surface area contributed by atoms with Crippen molar-refractivity contribution in [2.75, 3.05) is 0 Å². The highest BCUT2D eigenvalue weighted by molar-refractivity contribution is 6.18. The number of nitrogens with one attached hydrogen (secondary N) is 1. The smallest absolute Gasteiger partial charge is 0.277 e. The predicted octanol–water partition coefficient (Wildman–Crippen LogP) is 2.30. The van der Waals surface area contributed by atoms with E-state index in [9.17, 15) is 18.8 Å². The first-order valence-corrected chi connectivity index (χ1v) is 6.61. The number of rotatable bonds is 2. The number of hydrogen-bond acceptors (Lipinski definition) is 3. The van der Waals surface area contributed by atoms with E-state index in [1.54, 1.807) is 26.0 Å². The lowest BCUT2D eigenvalue weighted by Gasteiger charge is -2.38. The molecule has 112 valence electrons. The van der Waals surface area contributed by atoms with Crippen LogP contribution in [0.3, 0.4) is 0 Å². The van der Waals surface area contributed by atoms with Crippen molar-refractivity contribution < 1.29 is 18.8 Å². The second-order valence-electron chi connectivity index (χ2n) is 5.74. The van der Waals surface area contributed by atoms with Gasteiger partial charge in [0.25, 0.3) is 0 Å². The van der Waals surface area contributed by atoms with Crippen molar-refractivity contribution >= 4 is 17.8 Å². The zero-order valence-corrected chi connectivity index (χ0v) is 12.4. The van der Waals surface area contributed by atoms with Gasteiger partial charge in [0.15, 0.2) is 0 Å². The molecule has 0 bridgehead atoms. The molecule has 1 unspecified atom stereocenters. The van der Waals surface area contributed by atoms with Crippen LogP contribution in [0.1, 0.15) is 37.9 Å². The minimum atomic E-state index is -1.33. The second kappa shape index (κ2) is 4.95. The first kappa shape index (κ1) is 15.2. The van der Waals surface area contributed by atoms with Crippen LogP contribution in [0.15, 0.2) is 18.2 Å². The molecule has 1 aromatic carbocycles. The number of aryl methyl sites for hydroxylation is 1. The molecule has 4 amide bonds. The fourth-order valence-corrected chi connectivity index (χ4v) is 2.17. The van der Waals surface area contributed by atoms with Gasteiger partial charge in [-0.2, -0.15) is 0 Å². The molecular formula is C15H17FN2O3. The van der Waals surface area contributed by atoms with Crippen LogP contribution in [-0.4, -0.2) is 22.7 Å². The normalized spacial score (nSPS) is 19.5. The molecule has 1 heterocycles. The predicted molar refractivity (Wildman–Crippen MR) is 73.7 cm³/mol. The van der Waals surface area contributed by atoms with Gasteiger partial charge in [-0.05, 0) is 44.9 Å². The van der Waals surface area contributed by atoms with Crippen molar-refractivity contribution in [2.24, 2.45) is 5.41 Å². The standard InChI is InChI=1S/C15H17FN2O3/c1-8-5-6-10(7-11(8)16)9(2)18-13(20)15(3,4)12(19)17-14(18)21/h5-7,9H,1-4H3,(H,17,19,21). The number of barbiturate groups is 1. The van der Waals surface area contributed by atoms with E-state index in [1.165, 1.54) is 19.9 Å². The third-order valence-electron chi connectivity index (χ3n) is 3.83. The maximum absolute atomic E-state index is 13.7. The van der Waals surface area contributed by atoms with Gasteiger partial charge in [-0.1, -0.05) is 12.1 Å². The monoisotopic (exact) mass is 292 g/mol. The van der Waals surface area contributed by atoms with Crippen molar-refractivity contribution in [2.45, 2.75) is 33.7 Å². The summed E-state index contributed by atoms with van der Waals surface area (Å²) in [7, 11) is 0. The van der Waals surface area contributed by atoms with Crippen LogP contribution < -0.4 is 5.32 Å². The molecule has 1 N–H and O–H groups in total. The molecule has 0 radical (unpaired) electrons. The highest BCUT2D eigenvalue weighted by Crippen LogP contribution is 2.31. The molecule has 6 heteroatoms. The van der Waals surface area contributed by atoms with E-state index in [0.717, 1.165) is 4.90 Å². The lowest BCUT2D eigenvalue weighted by atomic mass is 9.87. The Balaban J connectivity index is 2.39. The number of halogens is 1. The van der Waals surface area contributed by atoms with Gasteiger partial charge in [-0.3, -0.25) is 19.8 Å². The summed E-state index contributed by atoms with van der Waals surface area (Å²) >= 11 is 0. The van der Waals surface area contributed by atoms with Crippen LogP contribution in [-0.2, 0) is 9.59 Å². The van der Waals surface area contributed by atoms with Gasteiger partial charge in [-0.25, -0.2) is 9.18 Å². The van der Waals surface area contributed by atoms with Crippen LogP contribution in [0.4, 0.5) is 9.18 Å². The van der Waals surface area contributed by atoms with E-state index in [2.05, 4.69) is 5.32 Å². The van der Waals surface area contributed by atoms with E-state index < -0.39 is 35.1 Å². The first-order valence-electron chi connectivity index (χ1n) is 6.61. The van der Waals surface area contributed by atoms with Gasteiger partial charge in [0.2, 0.25) is 11.8 Å². The number of benzene rings is 1. The van der Waals surface area contributed by atoms with Crippen LogP contribution in [0.2, 0.25) is 0 Å². The van der Waals surface area contributed by atoms with E-state index in [1.807, 2.05) is 0 Å². The SMILES string of the molecule is Cc1ccc(C(C)N2C(=O)NC(=O)C(C)(C)C2=O)cc1F. The molecule has 1 atom stereocenters. The molecule has 0 aliphatic carbocycles. The highest BCUT2D eigenvalue weighted by atomic mass is 19.1.